The van der Waals surface area contributed by atoms with Crippen molar-refractivity contribution in [2.45, 2.75) is 19.4 Å². The van der Waals surface area contributed by atoms with Crippen LogP contribution in [-0.4, -0.2) is 35.0 Å². The molecule has 6 heteroatoms. The Balaban J connectivity index is 2.85. The predicted molar refractivity (Wildman–Crippen MR) is 77.7 cm³/mol. The van der Waals surface area contributed by atoms with E-state index in [-0.39, 0.29) is 17.2 Å². The highest BCUT2D eigenvalue weighted by molar-refractivity contribution is 7.98. The largest absolute Gasteiger partial charge is 0.478 e. The second-order valence-electron chi connectivity index (χ2n) is 4.18. The van der Waals surface area contributed by atoms with Crippen molar-refractivity contribution in [1.29, 1.82) is 0 Å². The van der Waals surface area contributed by atoms with E-state index in [1.54, 1.807) is 36.9 Å². The number of carbonyl (C=O) groups excluding carboxylic acids is 1. The fourth-order valence-electron chi connectivity index (χ4n) is 1.66. The van der Waals surface area contributed by atoms with E-state index in [9.17, 15) is 9.59 Å². The van der Waals surface area contributed by atoms with Gasteiger partial charge in [-0.05, 0) is 37.0 Å². The predicted octanol–water partition coefficient (Wildman–Crippen LogP) is 1.71. The second-order valence-corrected chi connectivity index (χ2v) is 5.17. The molecule has 0 radical (unpaired) electrons. The number of carbonyl (C=O) groups is 2. The number of thioether (sulfide) groups is 1. The van der Waals surface area contributed by atoms with E-state index in [2.05, 4.69) is 5.32 Å². The first-order valence-corrected chi connectivity index (χ1v) is 7.25. The van der Waals surface area contributed by atoms with Gasteiger partial charge in [-0.3, -0.25) is 4.79 Å². The molecule has 0 aliphatic carbocycles. The quantitative estimate of drug-likeness (QED) is 0.738. The van der Waals surface area contributed by atoms with Crippen molar-refractivity contribution in [3.8, 4) is 0 Å². The fourth-order valence-corrected chi connectivity index (χ4v) is 2.15. The molecule has 0 spiro atoms. The third-order valence-electron chi connectivity index (χ3n) is 2.71. The summed E-state index contributed by atoms with van der Waals surface area (Å²) in [6.45, 7) is 1.69. The number of hydrogen-bond donors (Lipinski definition) is 3. The smallest absolute Gasteiger partial charge is 0.338 e. The maximum absolute atomic E-state index is 11.9. The Morgan fingerprint density at radius 2 is 2.16 bits per heavy atom. The van der Waals surface area contributed by atoms with Crippen molar-refractivity contribution in [3.05, 3.63) is 29.3 Å². The first-order valence-electron chi connectivity index (χ1n) is 5.85. The van der Waals surface area contributed by atoms with Crippen LogP contribution < -0.4 is 11.1 Å². The van der Waals surface area contributed by atoms with Gasteiger partial charge >= 0.3 is 5.97 Å². The number of nitrogens with two attached hydrogens (primary N) is 1. The molecule has 0 bridgehead atoms. The standard InChI is InChI=1S/C13H18N2O3S/c1-8-4-3-5-10(11(8)13(17)18)15-12(16)9(14)6-7-19-2/h3-5,9H,6-7,14H2,1-2H3,(H,15,16)(H,17,18)/t9-/m1/s1. The van der Waals surface area contributed by atoms with Crippen molar-refractivity contribution < 1.29 is 14.7 Å². The number of carboxylic acid groups (broad SMARTS) is 1. The summed E-state index contributed by atoms with van der Waals surface area (Å²) in [6.07, 6.45) is 2.49. The normalized spacial score (nSPS) is 11.9. The summed E-state index contributed by atoms with van der Waals surface area (Å²) in [5, 5.41) is 11.7. The number of nitrogens with one attached hydrogen (secondary N) is 1. The van der Waals surface area contributed by atoms with Crippen molar-refractivity contribution in [2.24, 2.45) is 5.73 Å². The van der Waals surface area contributed by atoms with Crippen LogP contribution in [0.25, 0.3) is 0 Å². The molecule has 0 unspecified atom stereocenters. The third kappa shape index (κ3) is 4.25. The van der Waals surface area contributed by atoms with E-state index in [0.717, 1.165) is 5.75 Å². The van der Waals surface area contributed by atoms with Crippen LogP contribution in [0.5, 0.6) is 0 Å². The Labute approximate surface area is 116 Å². The number of carboxylic acids is 1. The Bertz CT molecular complexity index is 477. The molecule has 0 saturated heterocycles. The Morgan fingerprint density at radius 1 is 1.47 bits per heavy atom. The van der Waals surface area contributed by atoms with Crippen LogP contribution in [-0.2, 0) is 4.79 Å². The van der Waals surface area contributed by atoms with Gasteiger partial charge in [0.2, 0.25) is 5.91 Å². The van der Waals surface area contributed by atoms with E-state index in [1.807, 2.05) is 6.26 Å². The lowest BCUT2D eigenvalue weighted by molar-refractivity contribution is -0.117. The van der Waals surface area contributed by atoms with Gasteiger partial charge in [-0.25, -0.2) is 4.79 Å². The highest BCUT2D eigenvalue weighted by atomic mass is 32.2. The molecule has 0 saturated carbocycles. The molecule has 1 atom stereocenters. The minimum atomic E-state index is -1.06. The summed E-state index contributed by atoms with van der Waals surface area (Å²) >= 11 is 1.61. The summed E-state index contributed by atoms with van der Waals surface area (Å²) in [4.78, 5) is 23.0. The number of anilines is 1. The highest BCUT2D eigenvalue weighted by Crippen LogP contribution is 2.19. The molecule has 0 aromatic heterocycles. The maximum Gasteiger partial charge on any atom is 0.338 e. The average molecular weight is 282 g/mol. The van der Waals surface area contributed by atoms with Crippen LogP contribution >= 0.6 is 11.8 Å². The number of rotatable bonds is 6. The Hall–Kier alpha value is -1.53. The third-order valence-corrected chi connectivity index (χ3v) is 3.36. The van der Waals surface area contributed by atoms with Gasteiger partial charge in [0.05, 0.1) is 17.3 Å². The number of amides is 1. The zero-order valence-corrected chi connectivity index (χ0v) is 11.8. The molecule has 104 valence electrons. The molecule has 1 aromatic rings. The van der Waals surface area contributed by atoms with Crippen LogP contribution in [0.3, 0.4) is 0 Å². The van der Waals surface area contributed by atoms with Crippen LogP contribution in [0.15, 0.2) is 18.2 Å². The van der Waals surface area contributed by atoms with Crippen molar-refractivity contribution in [3.63, 3.8) is 0 Å². The zero-order valence-electron chi connectivity index (χ0n) is 11.0. The maximum atomic E-state index is 11.9. The summed E-state index contributed by atoms with van der Waals surface area (Å²) < 4.78 is 0. The first kappa shape index (κ1) is 15.5. The number of hydrogen-bond acceptors (Lipinski definition) is 4. The molecule has 1 rings (SSSR count). The van der Waals surface area contributed by atoms with Gasteiger partial charge in [-0.15, -0.1) is 0 Å². The Kier molecular flexibility index (Phi) is 5.85. The van der Waals surface area contributed by atoms with E-state index in [0.29, 0.717) is 12.0 Å². The van der Waals surface area contributed by atoms with Crippen LogP contribution in [0.2, 0.25) is 0 Å². The average Bonchev–Trinajstić information content (AvgIpc) is 2.35. The van der Waals surface area contributed by atoms with Crippen molar-refractivity contribution >= 4 is 29.3 Å². The van der Waals surface area contributed by atoms with Gasteiger partial charge < -0.3 is 16.2 Å². The van der Waals surface area contributed by atoms with Gasteiger partial charge in [-0.1, -0.05) is 12.1 Å². The summed E-state index contributed by atoms with van der Waals surface area (Å²) in [5.74, 6) is -0.637. The molecule has 1 amide bonds. The molecule has 5 nitrogen and oxygen atoms in total. The molecule has 0 aliphatic heterocycles. The number of aromatic carboxylic acids is 1. The van der Waals surface area contributed by atoms with Crippen LogP contribution in [0.4, 0.5) is 5.69 Å². The summed E-state index contributed by atoms with van der Waals surface area (Å²) in [5.41, 5.74) is 6.74. The summed E-state index contributed by atoms with van der Waals surface area (Å²) in [6, 6.07) is 4.32. The highest BCUT2D eigenvalue weighted by Gasteiger charge is 2.18. The molecule has 0 aliphatic rings. The zero-order chi connectivity index (χ0) is 14.4. The van der Waals surface area contributed by atoms with Gasteiger partial charge in [-0.2, -0.15) is 11.8 Å². The van der Waals surface area contributed by atoms with E-state index in [4.69, 9.17) is 10.8 Å². The lowest BCUT2D eigenvalue weighted by atomic mass is 10.1. The van der Waals surface area contributed by atoms with Crippen LogP contribution in [0.1, 0.15) is 22.3 Å². The first-order chi connectivity index (χ1) is 8.97. The van der Waals surface area contributed by atoms with Crippen molar-refractivity contribution in [1.82, 2.24) is 0 Å². The molecule has 4 N–H and O–H groups in total. The number of aryl methyl sites for hydroxylation is 1. The minimum Gasteiger partial charge on any atom is -0.478 e. The number of benzene rings is 1. The minimum absolute atomic E-state index is 0.105. The fraction of sp³-hybridized carbons (Fsp3) is 0.385. The molecular formula is C13H18N2O3S. The molecule has 0 fully saturated rings. The van der Waals surface area contributed by atoms with Gasteiger partial charge in [0, 0.05) is 0 Å². The molecule has 0 heterocycles. The van der Waals surface area contributed by atoms with Crippen molar-refractivity contribution in [2.75, 3.05) is 17.3 Å². The van der Waals surface area contributed by atoms with E-state index < -0.39 is 12.0 Å². The van der Waals surface area contributed by atoms with E-state index in [1.165, 1.54) is 0 Å². The SMILES string of the molecule is CSCC[C@@H](N)C(=O)Nc1cccc(C)c1C(=O)O. The van der Waals surface area contributed by atoms with Gasteiger partial charge in [0.15, 0.2) is 0 Å². The van der Waals surface area contributed by atoms with E-state index >= 15 is 0 Å². The topological polar surface area (TPSA) is 92.4 Å². The second kappa shape index (κ2) is 7.16. The van der Waals surface area contributed by atoms with Gasteiger partial charge in [0.1, 0.15) is 0 Å². The molecule has 19 heavy (non-hydrogen) atoms. The lowest BCUT2D eigenvalue weighted by Gasteiger charge is -2.14. The molecule has 1 aromatic carbocycles. The lowest BCUT2D eigenvalue weighted by Crippen LogP contribution is -2.36. The monoisotopic (exact) mass is 282 g/mol. The van der Waals surface area contributed by atoms with Gasteiger partial charge in [0.25, 0.3) is 0 Å². The van der Waals surface area contributed by atoms with Crippen LogP contribution in [0, 0.1) is 6.92 Å². The Morgan fingerprint density at radius 3 is 2.74 bits per heavy atom. The summed E-state index contributed by atoms with van der Waals surface area (Å²) in [7, 11) is 0. The molecular weight excluding hydrogens is 264 g/mol.